The van der Waals surface area contributed by atoms with Crippen LogP contribution < -0.4 is 10.0 Å². The van der Waals surface area contributed by atoms with Crippen LogP contribution in [0.25, 0.3) is 0 Å². The van der Waals surface area contributed by atoms with E-state index in [0.29, 0.717) is 13.1 Å². The average Bonchev–Trinajstić information content (AvgIpc) is 3.33. The van der Waals surface area contributed by atoms with Crippen LogP contribution in [-0.4, -0.2) is 52.4 Å². The summed E-state index contributed by atoms with van der Waals surface area (Å²) >= 11 is 0. The Balaban J connectivity index is 0.00000225. The van der Waals surface area contributed by atoms with Gasteiger partial charge in [0.2, 0.25) is 20.0 Å². The predicted octanol–water partition coefficient (Wildman–Crippen LogP) is 0.920. The van der Waals surface area contributed by atoms with Gasteiger partial charge in [-0.3, -0.25) is 0 Å². The molecule has 2 unspecified atom stereocenters. The van der Waals surface area contributed by atoms with Gasteiger partial charge in [0.1, 0.15) is 0 Å². The molecule has 0 aromatic heterocycles. The topological polar surface area (TPSA) is 95.6 Å². The number of nitrogens with one attached hydrogen (secondary N) is 2. The summed E-state index contributed by atoms with van der Waals surface area (Å²) in [5.74, 6) is 0. The van der Waals surface area contributed by atoms with Crippen molar-refractivity contribution in [3.63, 3.8) is 0 Å². The van der Waals surface area contributed by atoms with Crippen LogP contribution in [0.3, 0.4) is 0 Å². The van der Waals surface area contributed by atoms with Crippen molar-refractivity contribution in [1.29, 1.82) is 0 Å². The minimum absolute atomic E-state index is 0. The Labute approximate surface area is 155 Å². The van der Waals surface area contributed by atoms with Gasteiger partial charge in [-0.05, 0) is 44.9 Å². The minimum Gasteiger partial charge on any atom is -0.311 e. The highest BCUT2D eigenvalue weighted by atomic mass is 35.5. The van der Waals surface area contributed by atoms with Gasteiger partial charge >= 0.3 is 0 Å². The van der Waals surface area contributed by atoms with E-state index in [0.717, 1.165) is 12.8 Å². The number of halogens is 1. The lowest BCUT2D eigenvalue weighted by Gasteiger charge is -2.37. The number of rotatable bonds is 5. The van der Waals surface area contributed by atoms with Crippen LogP contribution in [0.1, 0.15) is 26.7 Å². The quantitative estimate of drug-likeness (QED) is 0.753. The maximum atomic E-state index is 12.9. The van der Waals surface area contributed by atoms with Crippen molar-refractivity contribution < 1.29 is 16.8 Å². The predicted molar refractivity (Wildman–Crippen MR) is 97.9 cm³/mol. The highest BCUT2D eigenvalue weighted by Gasteiger charge is 2.35. The van der Waals surface area contributed by atoms with Crippen LogP contribution in [0.15, 0.2) is 34.1 Å². The summed E-state index contributed by atoms with van der Waals surface area (Å²) in [6, 6.07) is 5.41. The first-order chi connectivity index (χ1) is 11.2. The van der Waals surface area contributed by atoms with Crippen LogP contribution in [0.2, 0.25) is 0 Å². The Kier molecular flexibility index (Phi) is 6.18. The normalized spacial score (nSPS) is 25.4. The number of hydrogen-bond donors (Lipinski definition) is 2. The molecule has 0 spiro atoms. The van der Waals surface area contributed by atoms with Crippen LogP contribution in [-0.2, 0) is 20.0 Å². The van der Waals surface area contributed by atoms with Gasteiger partial charge in [-0.1, -0.05) is 6.07 Å². The lowest BCUT2D eigenvalue weighted by Crippen LogP contribution is -2.57. The molecule has 10 heteroatoms. The smallest absolute Gasteiger partial charge is 0.243 e. The maximum absolute atomic E-state index is 12.9. The molecule has 3 rings (SSSR count). The van der Waals surface area contributed by atoms with E-state index in [4.69, 9.17) is 0 Å². The molecule has 142 valence electrons. The first-order valence-corrected chi connectivity index (χ1v) is 11.0. The summed E-state index contributed by atoms with van der Waals surface area (Å²) in [5.41, 5.74) is 0. The first kappa shape index (κ1) is 20.6. The molecule has 2 atom stereocenters. The van der Waals surface area contributed by atoms with Gasteiger partial charge in [-0.15, -0.1) is 12.4 Å². The largest absolute Gasteiger partial charge is 0.311 e. The minimum atomic E-state index is -3.74. The van der Waals surface area contributed by atoms with Gasteiger partial charge in [-0.2, -0.15) is 4.31 Å². The van der Waals surface area contributed by atoms with Crippen molar-refractivity contribution in [3.05, 3.63) is 24.3 Å². The maximum Gasteiger partial charge on any atom is 0.243 e. The van der Waals surface area contributed by atoms with Crippen molar-refractivity contribution >= 4 is 32.5 Å². The number of benzene rings is 1. The highest BCUT2D eigenvalue weighted by molar-refractivity contribution is 7.90. The molecule has 1 aliphatic carbocycles. The fraction of sp³-hybridized carbons (Fsp3) is 0.600. The summed E-state index contributed by atoms with van der Waals surface area (Å²) < 4.78 is 54.5. The van der Waals surface area contributed by atoms with Gasteiger partial charge in [0.15, 0.2) is 0 Å². The second-order valence-electron chi connectivity index (χ2n) is 6.47. The summed E-state index contributed by atoms with van der Waals surface area (Å²) in [6.45, 7) is 4.73. The van der Waals surface area contributed by atoms with Crippen molar-refractivity contribution in [2.75, 3.05) is 13.1 Å². The zero-order valence-electron chi connectivity index (χ0n) is 14.2. The molecule has 2 fully saturated rings. The zero-order valence-corrected chi connectivity index (χ0v) is 16.6. The summed E-state index contributed by atoms with van der Waals surface area (Å²) in [6.07, 6.45) is 1.65. The molecule has 1 aromatic rings. The van der Waals surface area contributed by atoms with Crippen molar-refractivity contribution in [2.45, 2.75) is 54.6 Å². The SMILES string of the molecule is CC1NCCN(S(=O)(=O)c2cccc(S(=O)(=O)NC3CC3)c2)C1C.Cl. The van der Waals surface area contributed by atoms with E-state index in [-0.39, 0.29) is 40.3 Å². The van der Waals surface area contributed by atoms with E-state index < -0.39 is 20.0 Å². The molecule has 0 bridgehead atoms. The van der Waals surface area contributed by atoms with E-state index >= 15 is 0 Å². The molecule has 1 aromatic carbocycles. The Bertz CT molecular complexity index is 825. The lowest BCUT2D eigenvalue weighted by atomic mass is 10.1. The Morgan fingerprint density at radius 1 is 1.12 bits per heavy atom. The lowest BCUT2D eigenvalue weighted by molar-refractivity contribution is 0.233. The number of nitrogens with zero attached hydrogens (tertiary/aromatic N) is 1. The third-order valence-electron chi connectivity index (χ3n) is 4.60. The van der Waals surface area contributed by atoms with E-state index in [1.54, 1.807) is 0 Å². The Morgan fingerprint density at radius 3 is 2.40 bits per heavy atom. The van der Waals surface area contributed by atoms with Crippen molar-refractivity contribution in [2.24, 2.45) is 0 Å². The zero-order chi connectivity index (χ0) is 17.5. The highest BCUT2D eigenvalue weighted by Crippen LogP contribution is 2.25. The molecule has 7 nitrogen and oxygen atoms in total. The molecule has 1 saturated carbocycles. The standard InChI is InChI=1S/C15H23N3O4S2.ClH/c1-11-12(2)18(9-8-16-11)24(21,22)15-5-3-4-14(10-15)23(19,20)17-13-6-7-13;/h3-5,10-13,16-17H,6-9H2,1-2H3;1H. The van der Waals surface area contributed by atoms with Gasteiger partial charge in [0.25, 0.3) is 0 Å². The molecule has 25 heavy (non-hydrogen) atoms. The van der Waals surface area contributed by atoms with Crippen molar-refractivity contribution in [1.82, 2.24) is 14.3 Å². The van der Waals surface area contributed by atoms with Crippen LogP contribution in [0, 0.1) is 0 Å². The third kappa shape index (κ3) is 4.35. The van der Waals surface area contributed by atoms with Gasteiger partial charge < -0.3 is 5.32 Å². The van der Waals surface area contributed by atoms with Gasteiger partial charge in [-0.25, -0.2) is 21.6 Å². The molecule has 1 aliphatic heterocycles. The van der Waals surface area contributed by atoms with Crippen LogP contribution in [0.4, 0.5) is 0 Å². The van der Waals surface area contributed by atoms with E-state index in [2.05, 4.69) is 10.0 Å². The molecule has 1 saturated heterocycles. The third-order valence-corrected chi connectivity index (χ3v) is 8.10. The van der Waals surface area contributed by atoms with E-state index in [1.807, 2.05) is 13.8 Å². The molecular formula is C15H24ClN3O4S2. The first-order valence-electron chi connectivity index (χ1n) is 8.09. The van der Waals surface area contributed by atoms with Gasteiger partial charge in [0, 0.05) is 31.2 Å². The molecule has 1 heterocycles. The Morgan fingerprint density at radius 2 is 1.76 bits per heavy atom. The second-order valence-corrected chi connectivity index (χ2v) is 10.1. The average molecular weight is 410 g/mol. The molecular weight excluding hydrogens is 386 g/mol. The van der Waals surface area contributed by atoms with Crippen LogP contribution >= 0.6 is 12.4 Å². The Hall–Kier alpha value is -0.710. The van der Waals surface area contributed by atoms with Gasteiger partial charge in [0.05, 0.1) is 9.79 Å². The fourth-order valence-corrected chi connectivity index (χ4v) is 5.97. The number of hydrogen-bond acceptors (Lipinski definition) is 5. The summed E-state index contributed by atoms with van der Waals surface area (Å²) in [5, 5.41) is 3.24. The fourth-order valence-electron chi connectivity index (χ4n) is 2.79. The number of sulfonamides is 2. The second kappa shape index (κ2) is 7.50. The van der Waals surface area contributed by atoms with Crippen LogP contribution in [0.5, 0.6) is 0 Å². The van der Waals surface area contributed by atoms with Crippen molar-refractivity contribution in [3.8, 4) is 0 Å². The molecule has 2 aliphatic rings. The number of piperazine rings is 1. The summed E-state index contributed by atoms with van der Waals surface area (Å²) in [7, 11) is -7.42. The van der Waals surface area contributed by atoms with E-state index in [9.17, 15) is 16.8 Å². The monoisotopic (exact) mass is 409 g/mol. The molecule has 0 amide bonds. The van der Waals surface area contributed by atoms with E-state index in [1.165, 1.54) is 28.6 Å². The molecule has 0 radical (unpaired) electrons. The summed E-state index contributed by atoms with van der Waals surface area (Å²) in [4.78, 5) is 0.00781. The molecule has 2 N–H and O–H groups in total.